The zero-order chi connectivity index (χ0) is 21.5. The molecule has 4 rings (SSSR count). The standard InChI is InChI=1S/C19H18FNO7S2/c20-16-3-2-13(30(25,26)14-5-6-29(23,24)10-14)8-15(16)19(22)21-9-12-1-4-17-18(7-12)28-11-27-17/h1-4,7-8,14H,5-6,9-11H2,(H,21,22). The predicted octanol–water partition coefficient (Wildman–Crippen LogP) is 1.45. The summed E-state index contributed by atoms with van der Waals surface area (Å²) < 4.78 is 73.5. The molecule has 0 aliphatic carbocycles. The van der Waals surface area contributed by atoms with E-state index < -0.39 is 48.0 Å². The third kappa shape index (κ3) is 3.99. The van der Waals surface area contributed by atoms with E-state index in [2.05, 4.69) is 5.32 Å². The van der Waals surface area contributed by atoms with E-state index in [0.29, 0.717) is 17.1 Å². The number of amides is 1. The van der Waals surface area contributed by atoms with Gasteiger partial charge in [0.2, 0.25) is 6.79 Å². The molecule has 1 amide bonds. The van der Waals surface area contributed by atoms with Crippen LogP contribution in [0.4, 0.5) is 4.39 Å². The van der Waals surface area contributed by atoms with Crippen LogP contribution in [0.2, 0.25) is 0 Å². The molecule has 2 aliphatic rings. The lowest BCUT2D eigenvalue weighted by molar-refractivity contribution is 0.0946. The van der Waals surface area contributed by atoms with Gasteiger partial charge in [-0.3, -0.25) is 4.79 Å². The third-order valence-electron chi connectivity index (χ3n) is 5.03. The summed E-state index contributed by atoms with van der Waals surface area (Å²) in [6.45, 7) is 0.173. The fourth-order valence-corrected chi connectivity index (χ4v) is 7.77. The van der Waals surface area contributed by atoms with Crippen molar-refractivity contribution in [1.29, 1.82) is 0 Å². The smallest absolute Gasteiger partial charge is 0.254 e. The van der Waals surface area contributed by atoms with E-state index in [1.165, 1.54) is 0 Å². The quantitative estimate of drug-likeness (QED) is 0.679. The number of hydrogen-bond donors (Lipinski definition) is 1. The van der Waals surface area contributed by atoms with Crippen LogP contribution in [0.15, 0.2) is 41.3 Å². The lowest BCUT2D eigenvalue weighted by Gasteiger charge is -2.12. The van der Waals surface area contributed by atoms with Crippen LogP contribution in [-0.4, -0.2) is 46.3 Å². The Hall–Kier alpha value is -2.66. The highest BCUT2D eigenvalue weighted by molar-refractivity contribution is 7.96. The Bertz CT molecular complexity index is 1230. The van der Waals surface area contributed by atoms with E-state index in [9.17, 15) is 26.0 Å². The van der Waals surface area contributed by atoms with Gasteiger partial charge in [-0.25, -0.2) is 21.2 Å². The number of rotatable bonds is 5. The van der Waals surface area contributed by atoms with Crippen LogP contribution in [-0.2, 0) is 26.2 Å². The van der Waals surface area contributed by atoms with Gasteiger partial charge < -0.3 is 14.8 Å². The van der Waals surface area contributed by atoms with Gasteiger partial charge in [-0.2, -0.15) is 0 Å². The molecule has 8 nitrogen and oxygen atoms in total. The van der Waals surface area contributed by atoms with Crippen molar-refractivity contribution in [1.82, 2.24) is 5.32 Å². The van der Waals surface area contributed by atoms with Gasteiger partial charge in [0.15, 0.2) is 31.2 Å². The minimum atomic E-state index is -4.01. The Labute approximate surface area is 172 Å². The SMILES string of the molecule is O=C(NCc1ccc2c(c1)OCO2)c1cc(S(=O)(=O)C2CCS(=O)(=O)C2)ccc1F. The van der Waals surface area contributed by atoms with Gasteiger partial charge in [-0.05, 0) is 42.3 Å². The molecule has 2 aromatic rings. The van der Waals surface area contributed by atoms with E-state index in [-0.39, 0.29) is 30.4 Å². The molecule has 0 saturated carbocycles. The van der Waals surface area contributed by atoms with Gasteiger partial charge in [-0.15, -0.1) is 0 Å². The number of sulfone groups is 2. The van der Waals surface area contributed by atoms with Crippen molar-refractivity contribution in [3.63, 3.8) is 0 Å². The summed E-state index contributed by atoms with van der Waals surface area (Å²) in [7, 11) is -7.43. The fourth-order valence-electron chi connectivity index (χ4n) is 3.38. The number of fused-ring (bicyclic) bond motifs is 1. The first-order chi connectivity index (χ1) is 14.2. The topological polar surface area (TPSA) is 116 Å². The molecule has 0 bridgehead atoms. The Balaban J connectivity index is 1.52. The summed E-state index contributed by atoms with van der Waals surface area (Å²) in [6.07, 6.45) is -0.0202. The molecule has 0 aromatic heterocycles. The highest BCUT2D eigenvalue weighted by atomic mass is 32.2. The zero-order valence-corrected chi connectivity index (χ0v) is 17.3. The van der Waals surface area contributed by atoms with E-state index in [1.54, 1.807) is 18.2 Å². The maximum atomic E-state index is 14.2. The van der Waals surface area contributed by atoms with Crippen molar-refractivity contribution in [2.75, 3.05) is 18.3 Å². The summed E-state index contributed by atoms with van der Waals surface area (Å²) in [5, 5.41) is 1.44. The molecule has 11 heteroatoms. The summed E-state index contributed by atoms with van der Waals surface area (Å²) in [6, 6.07) is 7.97. The largest absolute Gasteiger partial charge is 0.454 e. The van der Waals surface area contributed by atoms with Crippen molar-refractivity contribution < 1.29 is 35.5 Å². The van der Waals surface area contributed by atoms with Crippen LogP contribution in [0.25, 0.3) is 0 Å². The van der Waals surface area contributed by atoms with E-state index in [1.807, 2.05) is 0 Å². The van der Waals surface area contributed by atoms with Crippen molar-refractivity contribution in [2.45, 2.75) is 23.1 Å². The minimum Gasteiger partial charge on any atom is -0.454 e. The monoisotopic (exact) mass is 455 g/mol. The molecule has 2 heterocycles. The minimum absolute atomic E-state index is 0.0202. The second-order valence-electron chi connectivity index (χ2n) is 7.08. The summed E-state index contributed by atoms with van der Waals surface area (Å²) in [5.41, 5.74) is 0.255. The van der Waals surface area contributed by atoms with Gasteiger partial charge in [0.05, 0.1) is 27.2 Å². The molecule has 1 atom stereocenters. The lowest BCUT2D eigenvalue weighted by Crippen LogP contribution is -2.26. The zero-order valence-electron chi connectivity index (χ0n) is 15.6. The maximum absolute atomic E-state index is 14.2. The molecule has 160 valence electrons. The van der Waals surface area contributed by atoms with Crippen molar-refractivity contribution in [3.8, 4) is 11.5 Å². The number of hydrogen-bond acceptors (Lipinski definition) is 7. The van der Waals surface area contributed by atoms with Gasteiger partial charge in [0.1, 0.15) is 5.82 Å². The van der Waals surface area contributed by atoms with E-state index in [0.717, 1.165) is 18.2 Å². The second-order valence-corrected chi connectivity index (χ2v) is 11.5. The van der Waals surface area contributed by atoms with Crippen LogP contribution in [0, 0.1) is 5.82 Å². The number of nitrogens with one attached hydrogen (secondary N) is 1. The Morgan fingerprint density at radius 1 is 1.13 bits per heavy atom. The molecule has 30 heavy (non-hydrogen) atoms. The highest BCUT2D eigenvalue weighted by Gasteiger charge is 2.38. The van der Waals surface area contributed by atoms with Gasteiger partial charge >= 0.3 is 0 Å². The lowest BCUT2D eigenvalue weighted by atomic mass is 10.1. The highest BCUT2D eigenvalue weighted by Crippen LogP contribution is 2.32. The number of ether oxygens (including phenoxy) is 2. The third-order valence-corrected chi connectivity index (χ3v) is 9.20. The molecule has 0 radical (unpaired) electrons. The summed E-state index contributed by atoms with van der Waals surface area (Å²) in [4.78, 5) is 12.2. The van der Waals surface area contributed by atoms with Crippen LogP contribution in [0.1, 0.15) is 22.3 Å². The predicted molar refractivity (Wildman–Crippen MR) is 104 cm³/mol. The average molecular weight is 455 g/mol. The molecule has 2 aliphatic heterocycles. The second kappa shape index (κ2) is 7.55. The van der Waals surface area contributed by atoms with E-state index >= 15 is 0 Å². The van der Waals surface area contributed by atoms with Crippen molar-refractivity contribution in [2.24, 2.45) is 0 Å². The van der Waals surface area contributed by atoms with Gasteiger partial charge in [-0.1, -0.05) is 6.07 Å². The number of halogens is 1. The summed E-state index contributed by atoms with van der Waals surface area (Å²) in [5.74, 6) is -1.23. The number of carbonyl (C=O) groups is 1. The van der Waals surface area contributed by atoms with Crippen molar-refractivity contribution in [3.05, 3.63) is 53.3 Å². The van der Waals surface area contributed by atoms with Gasteiger partial charge in [0.25, 0.3) is 5.91 Å². The summed E-state index contributed by atoms with van der Waals surface area (Å²) >= 11 is 0. The molecule has 1 unspecified atom stereocenters. The molecule has 1 fully saturated rings. The molecular formula is C19H18FNO7S2. The first-order valence-electron chi connectivity index (χ1n) is 9.06. The Morgan fingerprint density at radius 3 is 2.63 bits per heavy atom. The maximum Gasteiger partial charge on any atom is 0.254 e. The normalized spacial score (nSPS) is 19.6. The van der Waals surface area contributed by atoms with E-state index in [4.69, 9.17) is 9.47 Å². The molecule has 1 saturated heterocycles. The molecule has 2 aromatic carbocycles. The van der Waals surface area contributed by atoms with Crippen LogP contribution in [0.3, 0.4) is 0 Å². The van der Waals surface area contributed by atoms with Crippen LogP contribution >= 0.6 is 0 Å². The Kier molecular flexibility index (Phi) is 5.18. The van der Waals surface area contributed by atoms with Crippen LogP contribution in [0.5, 0.6) is 11.5 Å². The average Bonchev–Trinajstić information content (AvgIpc) is 3.32. The van der Waals surface area contributed by atoms with Crippen molar-refractivity contribution >= 4 is 25.6 Å². The Morgan fingerprint density at radius 2 is 1.90 bits per heavy atom. The first kappa shape index (κ1) is 20.6. The fraction of sp³-hybridized carbons (Fsp3) is 0.316. The number of benzene rings is 2. The molecular weight excluding hydrogens is 437 g/mol. The van der Waals surface area contributed by atoms with Crippen LogP contribution < -0.4 is 14.8 Å². The van der Waals surface area contributed by atoms with Gasteiger partial charge in [0, 0.05) is 6.54 Å². The molecule has 0 spiro atoms. The molecule has 1 N–H and O–H groups in total. The number of carbonyl (C=O) groups excluding carboxylic acids is 1. The first-order valence-corrected chi connectivity index (χ1v) is 12.4.